The van der Waals surface area contributed by atoms with E-state index in [4.69, 9.17) is 4.74 Å². The Morgan fingerprint density at radius 3 is 2.36 bits per heavy atom. The van der Waals surface area contributed by atoms with Crippen molar-refractivity contribution in [3.8, 4) is 5.75 Å². The van der Waals surface area contributed by atoms with Crippen molar-refractivity contribution in [3.05, 3.63) is 54.6 Å². The van der Waals surface area contributed by atoms with Crippen LogP contribution in [0.5, 0.6) is 5.75 Å². The lowest BCUT2D eigenvalue weighted by molar-refractivity contribution is -0.125. The minimum atomic E-state index is -0.798. The summed E-state index contributed by atoms with van der Waals surface area (Å²) in [7, 11) is 0. The summed E-state index contributed by atoms with van der Waals surface area (Å²) in [6.45, 7) is 2.68. The molecule has 1 aliphatic carbocycles. The van der Waals surface area contributed by atoms with Crippen LogP contribution in [0, 0.1) is 0 Å². The summed E-state index contributed by atoms with van der Waals surface area (Å²) in [6.07, 6.45) is 5.76. The number of para-hydroxylation sites is 1. The lowest BCUT2D eigenvalue weighted by Gasteiger charge is -2.33. The Kier molecular flexibility index (Phi) is 7.27. The zero-order chi connectivity index (χ0) is 23.2. The summed E-state index contributed by atoms with van der Waals surface area (Å²) in [5.74, 6) is 0.114. The van der Waals surface area contributed by atoms with Gasteiger partial charge in [0.1, 0.15) is 11.8 Å². The van der Waals surface area contributed by atoms with Gasteiger partial charge in [0, 0.05) is 11.7 Å². The smallest absolute Gasteiger partial charge is 0.332 e. The summed E-state index contributed by atoms with van der Waals surface area (Å²) in [5.41, 5.74) is 1.17. The predicted octanol–water partition coefficient (Wildman–Crippen LogP) is 4.97. The minimum Gasteiger partial charge on any atom is -0.494 e. The van der Waals surface area contributed by atoms with E-state index in [1.54, 1.807) is 53.4 Å². The van der Waals surface area contributed by atoms with Gasteiger partial charge < -0.3 is 15.0 Å². The molecule has 1 unspecified atom stereocenters. The van der Waals surface area contributed by atoms with E-state index in [0.29, 0.717) is 18.0 Å². The van der Waals surface area contributed by atoms with Gasteiger partial charge in [0.15, 0.2) is 0 Å². The highest BCUT2D eigenvalue weighted by molar-refractivity contribution is 6.22. The zero-order valence-corrected chi connectivity index (χ0v) is 19.0. The van der Waals surface area contributed by atoms with E-state index in [0.717, 1.165) is 44.3 Å². The minimum absolute atomic E-state index is 0.0169. The summed E-state index contributed by atoms with van der Waals surface area (Å²) in [4.78, 5) is 42.5. The maximum Gasteiger partial charge on any atom is 0.332 e. The number of urea groups is 1. The number of hydrogen-bond donors (Lipinski definition) is 1. The Balaban J connectivity index is 1.50. The topological polar surface area (TPSA) is 79.0 Å². The summed E-state index contributed by atoms with van der Waals surface area (Å²) in [5, 5.41) is 2.86. The van der Waals surface area contributed by atoms with Crippen LogP contribution in [0.15, 0.2) is 54.6 Å². The second kappa shape index (κ2) is 10.5. The van der Waals surface area contributed by atoms with Crippen LogP contribution in [0.4, 0.5) is 16.2 Å². The van der Waals surface area contributed by atoms with E-state index in [2.05, 4.69) is 5.32 Å². The molecule has 33 heavy (non-hydrogen) atoms. The standard InChI is InChI=1S/C26H31N3O4/c1-2-17-33-22-15-13-19(14-16-22)27-24(30)18-23-25(31)29(21-11-7-4-8-12-21)26(32)28(23)20-9-5-3-6-10-20/h4,7-8,11-16,20,23H,2-3,5-6,9-10,17-18H2,1H3,(H,27,30). The summed E-state index contributed by atoms with van der Waals surface area (Å²) in [6, 6.07) is 15.0. The van der Waals surface area contributed by atoms with Crippen molar-refractivity contribution in [3.63, 3.8) is 0 Å². The molecule has 2 aromatic carbocycles. The van der Waals surface area contributed by atoms with E-state index in [1.807, 2.05) is 13.0 Å². The van der Waals surface area contributed by atoms with Crippen molar-refractivity contribution in [1.82, 2.24) is 4.90 Å². The number of ether oxygens (including phenoxy) is 1. The molecule has 7 nitrogen and oxygen atoms in total. The maximum atomic E-state index is 13.4. The van der Waals surface area contributed by atoms with Crippen LogP contribution in [0.1, 0.15) is 51.9 Å². The van der Waals surface area contributed by atoms with Crippen LogP contribution in [-0.2, 0) is 9.59 Å². The average Bonchev–Trinajstić information content (AvgIpc) is 3.08. The van der Waals surface area contributed by atoms with Crippen LogP contribution < -0.4 is 15.0 Å². The molecule has 1 N–H and O–H groups in total. The van der Waals surface area contributed by atoms with Gasteiger partial charge >= 0.3 is 6.03 Å². The maximum absolute atomic E-state index is 13.4. The average molecular weight is 450 g/mol. The van der Waals surface area contributed by atoms with Crippen LogP contribution in [0.25, 0.3) is 0 Å². The Morgan fingerprint density at radius 2 is 1.70 bits per heavy atom. The molecule has 2 fully saturated rings. The number of hydrogen-bond acceptors (Lipinski definition) is 4. The highest BCUT2D eigenvalue weighted by atomic mass is 16.5. The largest absolute Gasteiger partial charge is 0.494 e. The van der Waals surface area contributed by atoms with Crippen LogP contribution >= 0.6 is 0 Å². The number of imide groups is 1. The van der Waals surface area contributed by atoms with Crippen molar-refractivity contribution in [2.45, 2.75) is 64.0 Å². The molecule has 1 heterocycles. The Hall–Kier alpha value is -3.35. The molecule has 2 aliphatic rings. The Bertz CT molecular complexity index is 971. The lowest BCUT2D eigenvalue weighted by Crippen LogP contribution is -2.45. The molecule has 0 aromatic heterocycles. The molecule has 7 heteroatoms. The van der Waals surface area contributed by atoms with Crippen LogP contribution in [-0.4, -0.2) is 41.4 Å². The SMILES string of the molecule is CCCOc1ccc(NC(=O)CC2C(=O)N(c3ccccc3)C(=O)N2C2CCCCC2)cc1. The summed E-state index contributed by atoms with van der Waals surface area (Å²) >= 11 is 0. The second-order valence-corrected chi connectivity index (χ2v) is 8.63. The normalized spacial score (nSPS) is 19.1. The van der Waals surface area contributed by atoms with E-state index in [9.17, 15) is 14.4 Å². The molecule has 1 aliphatic heterocycles. The second-order valence-electron chi connectivity index (χ2n) is 8.63. The molecule has 174 valence electrons. The first-order valence-electron chi connectivity index (χ1n) is 11.8. The highest BCUT2D eigenvalue weighted by Gasteiger charge is 2.49. The van der Waals surface area contributed by atoms with Gasteiger partial charge in [0.2, 0.25) is 5.91 Å². The number of carbonyl (C=O) groups excluding carboxylic acids is 3. The van der Waals surface area contributed by atoms with E-state index in [1.165, 1.54) is 4.90 Å². The fraction of sp³-hybridized carbons (Fsp3) is 0.423. The van der Waals surface area contributed by atoms with E-state index >= 15 is 0 Å². The first-order chi connectivity index (χ1) is 16.1. The van der Waals surface area contributed by atoms with Gasteiger partial charge in [-0.3, -0.25) is 9.59 Å². The van der Waals surface area contributed by atoms with Gasteiger partial charge in [-0.2, -0.15) is 0 Å². The van der Waals surface area contributed by atoms with Gasteiger partial charge in [0.05, 0.1) is 18.7 Å². The summed E-state index contributed by atoms with van der Waals surface area (Å²) < 4.78 is 5.58. The van der Waals surface area contributed by atoms with Gasteiger partial charge in [-0.15, -0.1) is 0 Å². The molecular weight excluding hydrogens is 418 g/mol. The van der Waals surface area contributed by atoms with Crippen molar-refractivity contribution in [1.29, 1.82) is 0 Å². The number of anilines is 2. The first kappa shape index (κ1) is 22.8. The predicted molar refractivity (Wildman–Crippen MR) is 127 cm³/mol. The van der Waals surface area contributed by atoms with Crippen molar-refractivity contribution in [2.24, 2.45) is 0 Å². The lowest BCUT2D eigenvalue weighted by atomic mass is 9.93. The molecule has 0 bridgehead atoms. The molecule has 1 saturated heterocycles. The number of benzene rings is 2. The van der Waals surface area contributed by atoms with Gasteiger partial charge in [-0.25, -0.2) is 9.69 Å². The molecule has 0 spiro atoms. The number of nitrogens with one attached hydrogen (secondary N) is 1. The number of carbonyl (C=O) groups is 3. The zero-order valence-electron chi connectivity index (χ0n) is 19.0. The highest BCUT2D eigenvalue weighted by Crippen LogP contribution is 2.33. The third-order valence-electron chi connectivity index (χ3n) is 6.23. The number of nitrogens with zero attached hydrogens (tertiary/aromatic N) is 2. The van der Waals surface area contributed by atoms with Crippen molar-refractivity contribution < 1.29 is 19.1 Å². The van der Waals surface area contributed by atoms with Crippen LogP contribution in [0.2, 0.25) is 0 Å². The fourth-order valence-corrected chi connectivity index (χ4v) is 4.62. The molecule has 2 aromatic rings. The van der Waals surface area contributed by atoms with Crippen molar-refractivity contribution in [2.75, 3.05) is 16.8 Å². The first-order valence-corrected chi connectivity index (χ1v) is 11.8. The molecule has 1 atom stereocenters. The molecule has 4 amide bonds. The molecular formula is C26H31N3O4. The number of rotatable bonds is 8. The Labute approximate surface area is 194 Å². The van der Waals surface area contributed by atoms with E-state index in [-0.39, 0.29) is 30.3 Å². The third kappa shape index (κ3) is 5.18. The molecule has 4 rings (SSSR count). The number of amides is 4. The van der Waals surface area contributed by atoms with Crippen LogP contribution in [0.3, 0.4) is 0 Å². The third-order valence-corrected chi connectivity index (χ3v) is 6.23. The van der Waals surface area contributed by atoms with Gasteiger partial charge in [-0.1, -0.05) is 44.4 Å². The fourth-order valence-electron chi connectivity index (χ4n) is 4.62. The molecule has 1 saturated carbocycles. The van der Waals surface area contributed by atoms with E-state index < -0.39 is 6.04 Å². The monoisotopic (exact) mass is 449 g/mol. The Morgan fingerprint density at radius 1 is 1.00 bits per heavy atom. The van der Waals surface area contributed by atoms with Crippen molar-refractivity contribution >= 4 is 29.2 Å². The van der Waals surface area contributed by atoms with Gasteiger partial charge in [-0.05, 0) is 55.7 Å². The molecule has 0 radical (unpaired) electrons. The quantitative estimate of drug-likeness (QED) is 0.577. The van der Waals surface area contributed by atoms with Gasteiger partial charge in [0.25, 0.3) is 5.91 Å².